The summed E-state index contributed by atoms with van der Waals surface area (Å²) in [6.45, 7) is 51.6. The highest BCUT2D eigenvalue weighted by atomic mass is 16.8. The first-order chi connectivity index (χ1) is 58.2. The van der Waals surface area contributed by atoms with Gasteiger partial charge in [-0.25, -0.2) is 0 Å². The molecule has 0 atom stereocenters. The number of nitrogens with one attached hydrogen (secondary N) is 1. The van der Waals surface area contributed by atoms with Crippen LogP contribution in [0.2, 0.25) is 0 Å². The lowest BCUT2D eigenvalue weighted by Crippen LogP contribution is -2.41. The standard InChI is InChI=1S/C19H19N3O3.C13H17N3.C12H23BN2O2.C12H15N3O.C9H19BO3.C7H9NO.C7H6O3.C6H10N2.C4H10.C3H4N2/c1-13(2)22-16(8-10-21-22)19-14(5-4-9-20-19)12-25-18-7-3-6-17(24)15(18)11-23;1-4-11-6-5-8-14-13(11)12-7-9-15-16(12)10(2)3;1-9(2)15-10(7-8-14)13-16-11(3,4)12(5,6)17-13;1-9(2)15-11(5-7-14-15)12-10(8-16)4-3-6-13-12;1-7(2)11-10-12-8(3,4)9(5,6)13-10;1-6-7(5-9)3-2-4-8-6;8-4-5-6(9)2-1-3-7(5)10;1-6(2)8-5-3-4-7-8;1-4(2)3;1-2-4-5-3-1/h3-11,13,24H,12H2,1-2H3;5-10H,4H2,1-3H3;7-9H,14H2,1-6H3;3-7,9,16H,8H2,1-2H3;7H,1-6H3;2-4,9H,5H2,1H3;1-4,9-10H;3-6H,1-2H3;4H,1-3H3;1-3H,(H,4,5). The molecular weight excluding hydrogens is 1560 g/mol. The number of nitrogens with two attached hydrogens (primary N) is 1. The normalized spacial score (nSPS) is 13.8. The third kappa shape index (κ3) is 33.1. The van der Waals surface area contributed by atoms with E-state index in [4.69, 9.17) is 49.1 Å². The summed E-state index contributed by atoms with van der Waals surface area (Å²) < 4.78 is 42.0. The van der Waals surface area contributed by atoms with E-state index in [9.17, 15) is 19.8 Å². The highest BCUT2D eigenvalue weighted by Crippen LogP contribution is 2.39. The number of pyridine rings is 4. The minimum absolute atomic E-state index is 0.00749. The van der Waals surface area contributed by atoms with Crippen LogP contribution in [0.1, 0.15) is 239 Å². The van der Waals surface area contributed by atoms with E-state index in [1.807, 2.05) is 200 Å². The molecule has 11 aromatic rings. The summed E-state index contributed by atoms with van der Waals surface area (Å²) in [6.07, 6.45) is 24.9. The zero-order valence-electron chi connectivity index (χ0n) is 76.5. The Labute approximate surface area is 728 Å². The van der Waals surface area contributed by atoms with Gasteiger partial charge in [0.05, 0.1) is 86.5 Å². The summed E-state index contributed by atoms with van der Waals surface area (Å²) in [5.74, 6) is 0.670. The first-order valence-electron chi connectivity index (χ1n) is 41.3. The number of H-pyrrole nitrogens is 1. The van der Waals surface area contributed by atoms with Crippen molar-refractivity contribution >= 4 is 32.6 Å². The van der Waals surface area contributed by atoms with E-state index < -0.39 is 14.4 Å². The number of phenols is 3. The number of aromatic hydroxyl groups is 3. The van der Waals surface area contributed by atoms with Crippen LogP contribution in [0.3, 0.4) is 0 Å². The number of carbonyl (C=O) groups is 2. The van der Waals surface area contributed by atoms with Crippen LogP contribution >= 0.6 is 0 Å². The van der Waals surface area contributed by atoms with Gasteiger partial charge in [-0.3, -0.25) is 58.3 Å². The number of aromatic amines is 1. The molecule has 2 saturated heterocycles. The summed E-state index contributed by atoms with van der Waals surface area (Å²) >= 11 is 0. The van der Waals surface area contributed by atoms with Gasteiger partial charge in [0.2, 0.25) is 0 Å². The van der Waals surface area contributed by atoms with Gasteiger partial charge in [-0.05, 0) is 260 Å². The molecule has 0 bridgehead atoms. The van der Waals surface area contributed by atoms with E-state index in [1.165, 1.54) is 36.0 Å². The number of hydrogen-bond acceptors (Lipinski definition) is 24. The van der Waals surface area contributed by atoms with Crippen LogP contribution in [0.4, 0.5) is 0 Å². The Morgan fingerprint density at radius 2 is 0.927 bits per heavy atom. The zero-order valence-corrected chi connectivity index (χ0v) is 76.5. The molecule has 664 valence electrons. The van der Waals surface area contributed by atoms with Crippen LogP contribution in [-0.2, 0) is 49.5 Å². The number of aldehydes is 2. The van der Waals surface area contributed by atoms with E-state index >= 15 is 0 Å². The van der Waals surface area contributed by atoms with Gasteiger partial charge in [0.25, 0.3) is 0 Å². The number of aliphatic imine (C=N–C) groups is 1. The molecule has 29 nitrogen and oxygen atoms in total. The molecule has 0 radical (unpaired) electrons. The number of hydrogen-bond donors (Lipinski definition) is 7. The molecule has 2 aliphatic heterocycles. The van der Waals surface area contributed by atoms with E-state index in [0.717, 1.165) is 74.5 Å². The van der Waals surface area contributed by atoms with Crippen molar-refractivity contribution in [3.8, 4) is 57.2 Å². The largest absolute Gasteiger partial charge is 0.640 e. The maximum Gasteiger partial charge on any atom is 0.640 e. The Hall–Kier alpha value is -11.3. The summed E-state index contributed by atoms with van der Waals surface area (Å²) in [7, 11) is -0.966. The Bertz CT molecular complexity index is 4740. The van der Waals surface area contributed by atoms with E-state index in [2.05, 4.69) is 145 Å². The second-order valence-electron chi connectivity index (χ2n) is 32.5. The Morgan fingerprint density at radius 3 is 1.28 bits per heavy atom. The van der Waals surface area contributed by atoms with Crippen LogP contribution in [0, 0.1) is 12.8 Å². The lowest BCUT2D eigenvalue weighted by Gasteiger charge is -2.32. The van der Waals surface area contributed by atoms with Gasteiger partial charge in [-0.15, -0.1) is 0 Å². The average Bonchev–Trinajstić information content (AvgIpc) is 1.63. The van der Waals surface area contributed by atoms with E-state index in [-0.39, 0.29) is 94.8 Å². The Balaban J connectivity index is 0.000000296. The van der Waals surface area contributed by atoms with Crippen molar-refractivity contribution in [2.75, 3.05) is 0 Å². The minimum Gasteiger partial charge on any atom is -0.507 e. The summed E-state index contributed by atoms with van der Waals surface area (Å²) in [6, 6.07) is 35.2. The highest BCUT2D eigenvalue weighted by molar-refractivity contribution is 6.84. The number of ether oxygens (including phenoxy) is 1. The Kier molecular flexibility index (Phi) is 43.6. The number of phenolic OH excluding ortho intramolecular Hbond substituents is 3. The number of carbonyl (C=O) groups excluding carboxylic acids is 2. The molecule has 2 aliphatic rings. The van der Waals surface area contributed by atoms with Gasteiger partial charge >= 0.3 is 14.4 Å². The fraction of sp³-hybridized carbons (Fsp3) is 0.435. The second-order valence-corrected chi connectivity index (χ2v) is 32.5. The topological polar surface area (TPSA) is 381 Å². The van der Waals surface area contributed by atoms with Crippen molar-refractivity contribution < 1.29 is 63.1 Å². The number of aryl methyl sites for hydroxylation is 2. The van der Waals surface area contributed by atoms with E-state index in [0.29, 0.717) is 30.4 Å². The molecule has 13 rings (SSSR count). The van der Waals surface area contributed by atoms with Crippen LogP contribution in [0.15, 0.2) is 201 Å². The van der Waals surface area contributed by atoms with Crippen molar-refractivity contribution in [3.63, 3.8) is 0 Å². The third-order valence-corrected chi connectivity index (χ3v) is 18.7. The molecule has 0 saturated carbocycles. The minimum atomic E-state index is -0.523. The first kappa shape index (κ1) is 104. The number of aromatic nitrogens is 14. The number of nitrogens with zero attached hydrogens (tertiary/aromatic N) is 14. The lowest BCUT2D eigenvalue weighted by atomic mass is 9.81. The molecule has 31 heteroatoms. The van der Waals surface area contributed by atoms with Gasteiger partial charge in [-0.1, -0.05) is 64.1 Å². The SMILES string of the molecule is CC(C)C.CC(C)N=C(C=CN)B1OC(C)(C)C(C)(C)O1.CC(C)OB1OC(C)(C)C(C)(C)O1.CC(C)n1cccn1.CC(C)n1nccc1-c1ncccc1CO.CC(C)n1nccc1-c1ncccc1COc1cccc(O)c1C=O.CCc1cccnc1-c1ccnn1C(C)C.Cc1ncccc1CO.O=Cc1c(O)cccc1O.c1cn[nH]c1. The monoisotopic (exact) mass is 1690 g/mol. The van der Waals surface area contributed by atoms with Gasteiger partial charge in [-0.2, -0.15) is 25.5 Å². The third-order valence-electron chi connectivity index (χ3n) is 18.7. The molecule has 2 fully saturated rings. The molecule has 0 amide bonds. The quantitative estimate of drug-likeness (QED) is 0.0212. The van der Waals surface area contributed by atoms with Crippen LogP contribution < -0.4 is 10.5 Å². The molecule has 2 aromatic carbocycles. The number of aliphatic hydroxyl groups excluding tert-OH is 2. The lowest BCUT2D eigenvalue weighted by molar-refractivity contribution is 0.00578. The molecule has 11 heterocycles. The van der Waals surface area contributed by atoms with Crippen LogP contribution in [0.25, 0.3) is 34.2 Å². The van der Waals surface area contributed by atoms with Crippen molar-refractivity contribution in [2.45, 2.75) is 258 Å². The number of rotatable bonds is 20. The van der Waals surface area contributed by atoms with E-state index in [1.54, 1.807) is 67.8 Å². The molecule has 0 unspecified atom stereocenters. The second kappa shape index (κ2) is 51.6. The highest BCUT2D eigenvalue weighted by Gasteiger charge is 2.54. The Morgan fingerprint density at radius 1 is 0.504 bits per heavy atom. The fourth-order valence-corrected chi connectivity index (χ4v) is 11.0. The van der Waals surface area contributed by atoms with Gasteiger partial charge in [0.15, 0.2) is 12.6 Å². The molecular formula is C92H132B2N16O13. The van der Waals surface area contributed by atoms with Crippen LogP contribution in [-0.4, -0.2) is 162 Å². The maximum absolute atomic E-state index is 11.2. The van der Waals surface area contributed by atoms with Gasteiger partial charge in [0, 0.05) is 121 Å². The predicted octanol–water partition coefficient (Wildman–Crippen LogP) is 18.0. The molecule has 8 N–H and O–H groups in total. The summed E-state index contributed by atoms with van der Waals surface area (Å²) in [5, 5.41) is 68.7. The van der Waals surface area contributed by atoms with Crippen molar-refractivity contribution in [2.24, 2.45) is 16.6 Å². The van der Waals surface area contributed by atoms with Crippen molar-refractivity contribution in [1.29, 1.82) is 0 Å². The fourth-order valence-electron chi connectivity index (χ4n) is 11.0. The summed E-state index contributed by atoms with van der Waals surface area (Å²) in [5.41, 5.74) is 15.3. The smallest absolute Gasteiger partial charge is 0.507 e. The molecule has 9 aromatic heterocycles. The average molecular weight is 1690 g/mol. The number of allylic oxidation sites excluding steroid dienone is 1. The first-order valence-corrected chi connectivity index (χ1v) is 41.3. The summed E-state index contributed by atoms with van der Waals surface area (Å²) in [4.78, 5) is 43.0. The molecule has 123 heavy (non-hydrogen) atoms. The molecule has 0 aliphatic carbocycles. The number of aliphatic hydroxyl groups is 2. The predicted molar refractivity (Wildman–Crippen MR) is 487 cm³/mol. The van der Waals surface area contributed by atoms with Crippen LogP contribution in [0.5, 0.6) is 23.0 Å². The maximum atomic E-state index is 11.2. The van der Waals surface area contributed by atoms with Crippen molar-refractivity contribution in [1.82, 2.24) is 69.3 Å². The van der Waals surface area contributed by atoms with Crippen molar-refractivity contribution in [3.05, 3.63) is 235 Å². The molecule has 0 spiro atoms. The number of benzene rings is 2. The van der Waals surface area contributed by atoms with Gasteiger partial charge in [0.1, 0.15) is 29.6 Å². The zero-order chi connectivity index (χ0) is 91.8. The van der Waals surface area contributed by atoms with Gasteiger partial charge < -0.3 is 59.3 Å².